The third kappa shape index (κ3) is 3.84. The van der Waals surface area contributed by atoms with Crippen molar-refractivity contribution in [2.75, 3.05) is 5.32 Å². The number of rotatable bonds is 3. The van der Waals surface area contributed by atoms with Gasteiger partial charge in [0, 0.05) is 6.04 Å². The molecule has 0 aliphatic carbocycles. The van der Waals surface area contributed by atoms with Crippen LogP contribution in [0.25, 0.3) is 0 Å². The van der Waals surface area contributed by atoms with Gasteiger partial charge < -0.3 is 10.3 Å². The van der Waals surface area contributed by atoms with E-state index in [4.69, 9.17) is 0 Å². The highest BCUT2D eigenvalue weighted by molar-refractivity contribution is 9.10. The monoisotopic (exact) mass is 299 g/mol. The average Bonchev–Trinajstić information content (AvgIpc) is 2.09. The van der Waals surface area contributed by atoms with Crippen LogP contribution in [0.15, 0.2) is 15.6 Å². The van der Waals surface area contributed by atoms with Crippen molar-refractivity contribution >= 4 is 21.7 Å². The van der Waals surface area contributed by atoms with Crippen LogP contribution < -0.4 is 10.9 Å². The standard InChI is InChI=1S/C8H9BrF3N3O/c1-4(2-8(10,11)12)15-6-5(9)7(16)14-3-13-6/h3-4H,2H2,1H3,(H2,13,14,15,16). The summed E-state index contributed by atoms with van der Waals surface area (Å²) in [6, 6.07) is -0.856. The van der Waals surface area contributed by atoms with E-state index >= 15 is 0 Å². The quantitative estimate of drug-likeness (QED) is 0.900. The molecule has 90 valence electrons. The van der Waals surface area contributed by atoms with Gasteiger partial charge in [0.15, 0.2) is 0 Å². The lowest BCUT2D eigenvalue weighted by molar-refractivity contribution is -0.136. The van der Waals surface area contributed by atoms with Gasteiger partial charge in [-0.1, -0.05) is 0 Å². The highest BCUT2D eigenvalue weighted by Gasteiger charge is 2.30. The number of nitrogens with zero attached hydrogens (tertiary/aromatic N) is 1. The molecule has 0 spiro atoms. The van der Waals surface area contributed by atoms with Crippen LogP contribution in [0.4, 0.5) is 19.0 Å². The summed E-state index contributed by atoms with van der Waals surface area (Å²) in [5, 5.41) is 2.51. The van der Waals surface area contributed by atoms with Crippen molar-refractivity contribution in [1.82, 2.24) is 9.97 Å². The zero-order valence-corrected chi connectivity index (χ0v) is 9.82. The summed E-state index contributed by atoms with van der Waals surface area (Å²) in [5.74, 6) is 0.0977. The lowest BCUT2D eigenvalue weighted by atomic mass is 10.2. The number of aromatic nitrogens is 2. The molecule has 0 fully saturated rings. The molecule has 1 heterocycles. The zero-order chi connectivity index (χ0) is 12.3. The topological polar surface area (TPSA) is 57.8 Å². The molecule has 0 radical (unpaired) electrons. The van der Waals surface area contributed by atoms with Gasteiger partial charge in [0.1, 0.15) is 10.3 Å². The van der Waals surface area contributed by atoms with Crippen molar-refractivity contribution in [2.45, 2.75) is 25.6 Å². The van der Waals surface area contributed by atoms with E-state index in [-0.39, 0.29) is 10.3 Å². The lowest BCUT2D eigenvalue weighted by Gasteiger charge is -2.16. The van der Waals surface area contributed by atoms with Crippen LogP contribution >= 0.6 is 15.9 Å². The average molecular weight is 300 g/mol. The lowest BCUT2D eigenvalue weighted by Crippen LogP contribution is -2.25. The molecule has 8 heteroatoms. The minimum atomic E-state index is -4.25. The van der Waals surface area contributed by atoms with Crippen molar-refractivity contribution in [3.8, 4) is 0 Å². The van der Waals surface area contributed by atoms with Crippen LogP contribution in [0.3, 0.4) is 0 Å². The molecule has 4 nitrogen and oxygen atoms in total. The third-order valence-electron chi connectivity index (χ3n) is 1.72. The Bertz CT molecular complexity index is 418. The van der Waals surface area contributed by atoms with Crippen molar-refractivity contribution in [3.05, 3.63) is 21.2 Å². The maximum absolute atomic E-state index is 12.0. The summed E-state index contributed by atoms with van der Waals surface area (Å²) in [5.41, 5.74) is -0.447. The van der Waals surface area contributed by atoms with Gasteiger partial charge in [-0.3, -0.25) is 4.79 Å². The van der Waals surface area contributed by atoms with Crippen LogP contribution in [-0.2, 0) is 0 Å². The number of H-pyrrole nitrogens is 1. The molecule has 16 heavy (non-hydrogen) atoms. The van der Waals surface area contributed by atoms with E-state index < -0.39 is 24.2 Å². The fraction of sp³-hybridized carbons (Fsp3) is 0.500. The Balaban J connectivity index is 2.74. The van der Waals surface area contributed by atoms with Crippen molar-refractivity contribution in [1.29, 1.82) is 0 Å². The molecule has 1 aromatic rings. The maximum Gasteiger partial charge on any atom is 0.391 e. The van der Waals surface area contributed by atoms with Crippen LogP contribution in [0.1, 0.15) is 13.3 Å². The van der Waals surface area contributed by atoms with E-state index in [9.17, 15) is 18.0 Å². The molecular weight excluding hydrogens is 291 g/mol. The predicted octanol–water partition coefficient (Wildman–Crippen LogP) is 2.29. The van der Waals surface area contributed by atoms with Gasteiger partial charge in [0.2, 0.25) is 0 Å². The van der Waals surface area contributed by atoms with Gasteiger partial charge in [-0.05, 0) is 22.9 Å². The highest BCUT2D eigenvalue weighted by Crippen LogP contribution is 2.23. The Hall–Kier alpha value is -1.05. The normalized spacial score (nSPS) is 13.6. The molecule has 1 aromatic heterocycles. The van der Waals surface area contributed by atoms with E-state index in [2.05, 4.69) is 31.2 Å². The summed E-state index contributed by atoms with van der Waals surface area (Å²) in [7, 11) is 0. The molecule has 0 bridgehead atoms. The van der Waals surface area contributed by atoms with Crippen LogP contribution in [0.2, 0.25) is 0 Å². The van der Waals surface area contributed by atoms with Gasteiger partial charge >= 0.3 is 6.18 Å². The number of nitrogens with one attached hydrogen (secondary N) is 2. The Morgan fingerprint density at radius 2 is 2.25 bits per heavy atom. The number of halogens is 4. The molecule has 0 aliphatic heterocycles. The van der Waals surface area contributed by atoms with E-state index in [0.29, 0.717) is 0 Å². The first kappa shape index (κ1) is 13.0. The van der Waals surface area contributed by atoms with E-state index in [1.165, 1.54) is 6.92 Å². The van der Waals surface area contributed by atoms with Crippen LogP contribution in [0.5, 0.6) is 0 Å². The van der Waals surface area contributed by atoms with E-state index in [1.807, 2.05) is 0 Å². The summed E-state index contributed by atoms with van der Waals surface area (Å²) < 4.78 is 36.2. The first-order chi connectivity index (χ1) is 7.29. The van der Waals surface area contributed by atoms with E-state index in [0.717, 1.165) is 6.33 Å². The third-order valence-corrected chi connectivity index (χ3v) is 2.45. The van der Waals surface area contributed by atoms with Gasteiger partial charge in [-0.25, -0.2) is 4.98 Å². The minimum absolute atomic E-state index is 0.0871. The van der Waals surface area contributed by atoms with Crippen LogP contribution in [-0.4, -0.2) is 22.2 Å². The molecule has 1 rings (SSSR count). The Kier molecular flexibility index (Phi) is 3.95. The number of alkyl halides is 3. The number of anilines is 1. The first-order valence-corrected chi connectivity index (χ1v) is 5.15. The Morgan fingerprint density at radius 3 is 2.81 bits per heavy atom. The summed E-state index contributed by atoms with van der Waals surface area (Å²) in [6.07, 6.45) is -4.12. The maximum atomic E-state index is 12.0. The zero-order valence-electron chi connectivity index (χ0n) is 8.23. The van der Waals surface area contributed by atoms with Gasteiger partial charge in [-0.2, -0.15) is 13.2 Å². The second-order valence-electron chi connectivity index (χ2n) is 3.26. The molecule has 1 unspecified atom stereocenters. The largest absolute Gasteiger partial charge is 0.391 e. The fourth-order valence-electron chi connectivity index (χ4n) is 1.12. The fourth-order valence-corrected chi connectivity index (χ4v) is 1.45. The second kappa shape index (κ2) is 4.86. The van der Waals surface area contributed by atoms with Crippen molar-refractivity contribution < 1.29 is 13.2 Å². The van der Waals surface area contributed by atoms with Gasteiger partial charge in [0.05, 0.1) is 12.7 Å². The van der Waals surface area contributed by atoms with Gasteiger partial charge in [0.25, 0.3) is 5.56 Å². The summed E-state index contributed by atoms with van der Waals surface area (Å²) in [4.78, 5) is 17.1. The van der Waals surface area contributed by atoms with E-state index in [1.54, 1.807) is 0 Å². The Morgan fingerprint density at radius 1 is 1.62 bits per heavy atom. The number of aromatic amines is 1. The number of hydrogen-bond donors (Lipinski definition) is 2. The molecule has 1 atom stereocenters. The minimum Gasteiger partial charge on any atom is -0.366 e. The van der Waals surface area contributed by atoms with Crippen LogP contribution in [0, 0.1) is 0 Å². The number of hydrogen-bond acceptors (Lipinski definition) is 3. The highest BCUT2D eigenvalue weighted by atomic mass is 79.9. The molecule has 0 aromatic carbocycles. The predicted molar refractivity (Wildman–Crippen MR) is 56.3 cm³/mol. The molecule has 2 N–H and O–H groups in total. The summed E-state index contributed by atoms with van der Waals surface area (Å²) >= 11 is 2.94. The SMILES string of the molecule is CC(CC(F)(F)F)Nc1nc[nH]c(=O)c1Br. The first-order valence-electron chi connectivity index (χ1n) is 4.36. The molecular formula is C8H9BrF3N3O. The van der Waals surface area contributed by atoms with Gasteiger partial charge in [-0.15, -0.1) is 0 Å². The summed E-state index contributed by atoms with van der Waals surface area (Å²) in [6.45, 7) is 1.36. The van der Waals surface area contributed by atoms with Crippen molar-refractivity contribution in [3.63, 3.8) is 0 Å². The smallest absolute Gasteiger partial charge is 0.366 e. The molecule has 0 aliphatic rings. The van der Waals surface area contributed by atoms with Crippen molar-refractivity contribution in [2.24, 2.45) is 0 Å². The second-order valence-corrected chi connectivity index (χ2v) is 4.05. The molecule has 0 saturated heterocycles. The Labute approximate surface area is 97.4 Å². The molecule has 0 saturated carbocycles. The molecule has 0 amide bonds.